The molecule has 0 bridgehead atoms. The van der Waals surface area contributed by atoms with Gasteiger partial charge in [-0.2, -0.15) is 9.98 Å². The maximum Gasteiger partial charge on any atom is 0.351 e. The van der Waals surface area contributed by atoms with Gasteiger partial charge in [0, 0.05) is 22.2 Å². The van der Waals surface area contributed by atoms with Gasteiger partial charge in [0.05, 0.1) is 0 Å². The van der Waals surface area contributed by atoms with Gasteiger partial charge in [-0.15, -0.1) is 0 Å². The summed E-state index contributed by atoms with van der Waals surface area (Å²) in [5, 5.41) is 0. The van der Waals surface area contributed by atoms with E-state index in [0.717, 1.165) is 11.1 Å². The Hall–Kier alpha value is -3.28. The zero-order valence-corrected chi connectivity index (χ0v) is 20.2. The van der Waals surface area contributed by atoms with Crippen LogP contribution in [0.15, 0.2) is 58.5 Å². The number of carbonyl (C=O) groups is 2. The molecule has 1 aliphatic rings. The number of aliphatic imine (C=N–C) groups is 2. The first-order chi connectivity index (χ1) is 14.8. The van der Waals surface area contributed by atoms with Crippen LogP contribution >= 0.6 is 0 Å². The van der Waals surface area contributed by atoms with Crippen molar-refractivity contribution in [3.63, 3.8) is 0 Å². The first kappa shape index (κ1) is 23.4. The van der Waals surface area contributed by atoms with Crippen LogP contribution in [0, 0.1) is 13.8 Å². The molecule has 32 heavy (non-hydrogen) atoms. The summed E-state index contributed by atoms with van der Waals surface area (Å²) >= 11 is 0. The van der Waals surface area contributed by atoms with Crippen LogP contribution in [0.3, 0.4) is 0 Å². The van der Waals surface area contributed by atoms with Crippen molar-refractivity contribution < 1.29 is 9.59 Å². The predicted molar refractivity (Wildman–Crippen MR) is 129 cm³/mol. The molecule has 0 unspecified atom stereocenters. The number of amides is 4. The second kappa shape index (κ2) is 8.34. The highest BCUT2D eigenvalue weighted by molar-refractivity contribution is 6.20. The average molecular weight is 433 g/mol. The normalized spacial score (nSPS) is 19.1. The Morgan fingerprint density at radius 1 is 0.562 bits per heavy atom. The first-order valence-corrected chi connectivity index (χ1v) is 10.8. The fraction of sp³-hybridized carbons (Fsp3) is 0.385. The van der Waals surface area contributed by atoms with E-state index in [4.69, 9.17) is 0 Å². The van der Waals surface area contributed by atoms with Crippen LogP contribution in [0.1, 0.15) is 63.8 Å². The lowest BCUT2D eigenvalue weighted by Gasteiger charge is -2.40. The number of hydrogen-bond donors (Lipinski definition) is 0. The van der Waals surface area contributed by atoms with Gasteiger partial charge in [-0.3, -0.25) is 9.80 Å². The average Bonchev–Trinajstić information content (AvgIpc) is 2.65. The van der Waals surface area contributed by atoms with Crippen molar-refractivity contribution in [2.45, 2.75) is 66.5 Å². The van der Waals surface area contributed by atoms with Gasteiger partial charge in [0.25, 0.3) is 0 Å². The zero-order chi connectivity index (χ0) is 23.8. The summed E-state index contributed by atoms with van der Waals surface area (Å²) in [6, 6.07) is 14.3. The van der Waals surface area contributed by atoms with E-state index in [2.05, 4.69) is 9.98 Å². The van der Waals surface area contributed by atoms with Crippen LogP contribution in [-0.4, -0.2) is 44.6 Å². The summed E-state index contributed by atoms with van der Waals surface area (Å²) < 4.78 is 0. The number of rotatable bonds is 2. The number of hydrogen-bond acceptors (Lipinski definition) is 2. The molecule has 4 amide bonds. The molecular weight excluding hydrogens is 400 g/mol. The van der Waals surface area contributed by atoms with Crippen LogP contribution in [0.25, 0.3) is 0 Å². The molecule has 0 fully saturated rings. The van der Waals surface area contributed by atoms with Crippen LogP contribution in [0.5, 0.6) is 0 Å². The highest BCUT2D eigenvalue weighted by Gasteiger charge is 2.39. The highest BCUT2D eigenvalue weighted by Crippen LogP contribution is 2.27. The Balaban J connectivity index is 2.28. The van der Waals surface area contributed by atoms with Gasteiger partial charge >= 0.3 is 12.1 Å². The van der Waals surface area contributed by atoms with Gasteiger partial charge in [-0.1, -0.05) is 59.7 Å². The molecule has 3 rings (SSSR count). The molecule has 2 aromatic rings. The van der Waals surface area contributed by atoms with Crippen LogP contribution in [0.2, 0.25) is 0 Å². The van der Waals surface area contributed by atoms with Crippen molar-refractivity contribution in [1.82, 2.24) is 9.80 Å². The fourth-order valence-corrected chi connectivity index (χ4v) is 3.56. The Bertz CT molecular complexity index is 993. The molecule has 6 nitrogen and oxygen atoms in total. The summed E-state index contributed by atoms with van der Waals surface area (Å²) in [5.74, 6) is 0.599. The smallest absolute Gasteiger partial charge is 0.271 e. The van der Waals surface area contributed by atoms with Crippen molar-refractivity contribution in [1.29, 1.82) is 0 Å². The van der Waals surface area contributed by atoms with E-state index in [9.17, 15) is 9.59 Å². The molecular formula is C26H32N4O2. The summed E-state index contributed by atoms with van der Waals surface area (Å²) in [6.45, 7) is 15.4. The molecule has 6 heteroatoms. The third-order valence-corrected chi connectivity index (χ3v) is 5.17. The molecule has 0 radical (unpaired) electrons. The molecule has 0 spiro atoms. The third-order valence-electron chi connectivity index (χ3n) is 5.17. The highest BCUT2D eigenvalue weighted by atomic mass is 16.2. The van der Waals surface area contributed by atoms with Crippen LogP contribution in [-0.2, 0) is 0 Å². The molecule has 0 aromatic heterocycles. The molecule has 0 atom stereocenters. The summed E-state index contributed by atoms with van der Waals surface area (Å²) in [4.78, 5) is 39.2. The van der Waals surface area contributed by atoms with Crippen LogP contribution < -0.4 is 0 Å². The minimum atomic E-state index is -0.646. The first-order valence-electron chi connectivity index (χ1n) is 10.8. The number of nitrogens with zero attached hydrogens (tertiary/aromatic N) is 4. The molecule has 0 saturated heterocycles. The Kier molecular flexibility index (Phi) is 6.09. The van der Waals surface area contributed by atoms with Crippen molar-refractivity contribution >= 4 is 23.7 Å². The van der Waals surface area contributed by atoms with Gasteiger partial charge in [0.15, 0.2) is 0 Å². The van der Waals surface area contributed by atoms with Crippen molar-refractivity contribution in [2.24, 2.45) is 9.98 Å². The van der Waals surface area contributed by atoms with E-state index >= 15 is 0 Å². The summed E-state index contributed by atoms with van der Waals surface area (Å²) in [7, 11) is 0. The topological polar surface area (TPSA) is 65.3 Å². The fourth-order valence-electron chi connectivity index (χ4n) is 3.56. The molecule has 0 saturated carbocycles. The van der Waals surface area contributed by atoms with Crippen molar-refractivity contribution in [3.05, 3.63) is 70.8 Å². The largest absolute Gasteiger partial charge is 0.351 e. The molecule has 1 heterocycles. The van der Waals surface area contributed by atoms with Crippen molar-refractivity contribution in [2.75, 3.05) is 0 Å². The molecule has 2 aromatic carbocycles. The zero-order valence-electron chi connectivity index (χ0n) is 20.2. The quantitative estimate of drug-likeness (QED) is 0.588. The van der Waals surface area contributed by atoms with E-state index in [1.165, 1.54) is 9.80 Å². The Morgan fingerprint density at radius 3 is 1.09 bits per heavy atom. The minimum absolute atomic E-state index is 0.299. The van der Waals surface area contributed by atoms with Crippen molar-refractivity contribution in [3.8, 4) is 0 Å². The van der Waals surface area contributed by atoms with Gasteiger partial charge in [0.2, 0.25) is 0 Å². The SMILES string of the molecule is Cc1ccc(/C2=N/C(=O)N(C(C)(C)C)/C(c3ccc(C)cc3)=N\C(=O)N2C(C)(C)C)cc1. The maximum atomic E-state index is 13.6. The standard InChI is InChI=1S/C26H32N4O2/c1-17-9-13-19(14-10-17)21-27-23(31)30(26(6,7)8)22(20-15-11-18(2)12-16-20)28-24(32)29(21)25(3,4)5/h9-16H,1-8H3/b27-21-,28-22-. The summed E-state index contributed by atoms with van der Waals surface area (Å²) in [6.07, 6.45) is 0. The number of urea groups is 2. The van der Waals surface area contributed by atoms with E-state index in [1.807, 2.05) is 104 Å². The number of amidine groups is 2. The number of aryl methyl sites for hydroxylation is 2. The van der Waals surface area contributed by atoms with E-state index < -0.39 is 23.1 Å². The van der Waals surface area contributed by atoms with E-state index in [0.29, 0.717) is 22.8 Å². The summed E-state index contributed by atoms with van der Waals surface area (Å²) in [5.41, 5.74) is 2.25. The van der Waals surface area contributed by atoms with Gasteiger partial charge in [-0.25, -0.2) is 9.59 Å². The molecule has 0 N–H and O–H groups in total. The van der Waals surface area contributed by atoms with E-state index in [-0.39, 0.29) is 0 Å². The number of carbonyl (C=O) groups excluding carboxylic acids is 2. The lowest BCUT2D eigenvalue weighted by Crippen LogP contribution is -2.55. The monoisotopic (exact) mass is 432 g/mol. The minimum Gasteiger partial charge on any atom is -0.271 e. The lowest BCUT2D eigenvalue weighted by molar-refractivity contribution is 0.190. The van der Waals surface area contributed by atoms with Gasteiger partial charge in [0.1, 0.15) is 11.7 Å². The Labute approximate surface area is 190 Å². The third kappa shape index (κ3) is 4.79. The second-order valence-electron chi connectivity index (χ2n) is 10.2. The second-order valence-corrected chi connectivity index (χ2v) is 10.2. The molecule has 0 aliphatic carbocycles. The van der Waals surface area contributed by atoms with E-state index in [1.54, 1.807) is 0 Å². The molecule has 168 valence electrons. The Morgan fingerprint density at radius 2 is 0.844 bits per heavy atom. The molecule has 1 aliphatic heterocycles. The lowest BCUT2D eigenvalue weighted by atomic mass is 10.0. The number of benzene rings is 2. The van der Waals surface area contributed by atoms with Gasteiger partial charge in [-0.05, 0) is 55.4 Å². The predicted octanol–water partition coefficient (Wildman–Crippen LogP) is 5.95. The van der Waals surface area contributed by atoms with Crippen LogP contribution in [0.4, 0.5) is 9.59 Å². The van der Waals surface area contributed by atoms with Gasteiger partial charge < -0.3 is 0 Å². The maximum absolute atomic E-state index is 13.6.